The third kappa shape index (κ3) is 3.55. The van der Waals surface area contributed by atoms with Crippen LogP contribution >= 0.6 is 0 Å². The van der Waals surface area contributed by atoms with Crippen molar-refractivity contribution < 1.29 is 4.74 Å². The van der Waals surface area contributed by atoms with Crippen LogP contribution in [0.3, 0.4) is 0 Å². The zero-order valence-corrected chi connectivity index (χ0v) is 9.05. The van der Waals surface area contributed by atoms with Crippen LogP contribution in [0.25, 0.3) is 0 Å². The van der Waals surface area contributed by atoms with E-state index < -0.39 is 0 Å². The zero-order valence-electron chi connectivity index (χ0n) is 9.05. The fourth-order valence-corrected chi connectivity index (χ4v) is 1.51. The van der Waals surface area contributed by atoms with Crippen molar-refractivity contribution >= 4 is 0 Å². The van der Waals surface area contributed by atoms with Crippen LogP contribution in [-0.2, 0) is 4.74 Å². The van der Waals surface area contributed by atoms with E-state index >= 15 is 0 Å². The molecule has 12 heavy (non-hydrogen) atoms. The highest BCUT2D eigenvalue weighted by atomic mass is 16.5. The minimum Gasteiger partial charge on any atom is -0.375 e. The summed E-state index contributed by atoms with van der Waals surface area (Å²) in [5.74, 6) is 0.628. The molecule has 0 saturated carbocycles. The van der Waals surface area contributed by atoms with E-state index in [9.17, 15) is 0 Å². The molecule has 1 saturated heterocycles. The van der Waals surface area contributed by atoms with Crippen molar-refractivity contribution in [3.8, 4) is 0 Å². The van der Waals surface area contributed by atoms with Crippen molar-refractivity contribution in [1.82, 2.24) is 5.32 Å². The third-order valence-electron chi connectivity index (χ3n) is 2.03. The molecule has 0 amide bonds. The molecule has 1 fully saturated rings. The summed E-state index contributed by atoms with van der Waals surface area (Å²) < 4.78 is 5.59. The van der Waals surface area contributed by atoms with Gasteiger partial charge < -0.3 is 10.1 Å². The molecule has 0 bridgehead atoms. The first-order valence-corrected chi connectivity index (χ1v) is 5.07. The van der Waals surface area contributed by atoms with Crippen LogP contribution < -0.4 is 5.32 Å². The minimum absolute atomic E-state index is 0.411. The number of nitrogens with one attached hydrogen (secondary N) is 1. The molecule has 1 rings (SSSR count). The number of rotatable bonds is 1. The maximum Gasteiger partial charge on any atom is 0.0748 e. The lowest BCUT2D eigenvalue weighted by Gasteiger charge is -2.32. The Morgan fingerprint density at radius 3 is 2.25 bits per heavy atom. The number of hydrogen-bond acceptors (Lipinski definition) is 2. The van der Waals surface area contributed by atoms with Crippen LogP contribution in [0.15, 0.2) is 0 Å². The molecule has 1 aliphatic rings. The normalized spacial score (nSPS) is 29.5. The maximum atomic E-state index is 5.59. The van der Waals surface area contributed by atoms with Crippen LogP contribution in [0.1, 0.15) is 34.6 Å². The van der Waals surface area contributed by atoms with Gasteiger partial charge in [0.15, 0.2) is 0 Å². The second-order valence-electron chi connectivity index (χ2n) is 3.32. The van der Waals surface area contributed by atoms with Gasteiger partial charge in [-0.1, -0.05) is 27.7 Å². The van der Waals surface area contributed by atoms with E-state index in [0.717, 1.165) is 13.2 Å². The second kappa shape index (κ2) is 6.44. The molecule has 0 spiro atoms. The SMILES string of the molecule is CC.CC(C)C1OCCNC1C. The molecule has 2 unspecified atom stereocenters. The zero-order chi connectivity index (χ0) is 9.56. The van der Waals surface area contributed by atoms with Gasteiger partial charge in [-0.05, 0) is 12.8 Å². The lowest BCUT2D eigenvalue weighted by Crippen LogP contribution is -2.48. The lowest BCUT2D eigenvalue weighted by atomic mass is 10.00. The summed E-state index contributed by atoms with van der Waals surface area (Å²) in [4.78, 5) is 0. The van der Waals surface area contributed by atoms with Gasteiger partial charge in [0, 0.05) is 12.6 Å². The van der Waals surface area contributed by atoms with Crippen molar-refractivity contribution in [2.45, 2.75) is 46.8 Å². The van der Waals surface area contributed by atoms with Gasteiger partial charge in [-0.25, -0.2) is 0 Å². The number of morpholine rings is 1. The van der Waals surface area contributed by atoms with Crippen LogP contribution in [-0.4, -0.2) is 25.3 Å². The van der Waals surface area contributed by atoms with Crippen LogP contribution in [0.4, 0.5) is 0 Å². The van der Waals surface area contributed by atoms with Crippen molar-refractivity contribution in [3.05, 3.63) is 0 Å². The van der Waals surface area contributed by atoms with E-state index in [4.69, 9.17) is 4.74 Å². The Balaban J connectivity index is 0.000000561. The predicted molar refractivity (Wildman–Crippen MR) is 53.4 cm³/mol. The van der Waals surface area contributed by atoms with Crippen LogP contribution in [0, 0.1) is 5.92 Å². The average molecular weight is 173 g/mol. The van der Waals surface area contributed by atoms with Gasteiger partial charge in [0.1, 0.15) is 0 Å². The first-order valence-electron chi connectivity index (χ1n) is 5.07. The number of hydrogen-bond donors (Lipinski definition) is 1. The van der Waals surface area contributed by atoms with Gasteiger partial charge in [-0.15, -0.1) is 0 Å². The van der Waals surface area contributed by atoms with Crippen molar-refractivity contribution in [3.63, 3.8) is 0 Å². The van der Waals surface area contributed by atoms with Crippen molar-refractivity contribution in [2.75, 3.05) is 13.2 Å². The summed E-state index contributed by atoms with van der Waals surface area (Å²) in [5, 5.41) is 3.39. The molecule has 1 N–H and O–H groups in total. The first kappa shape index (κ1) is 11.9. The topological polar surface area (TPSA) is 21.3 Å². The van der Waals surface area contributed by atoms with Gasteiger partial charge in [-0.2, -0.15) is 0 Å². The minimum atomic E-state index is 0.411. The predicted octanol–water partition coefficient (Wildman–Crippen LogP) is 2.05. The molecule has 2 atom stereocenters. The molecule has 74 valence electrons. The van der Waals surface area contributed by atoms with E-state index in [2.05, 4.69) is 26.1 Å². The Morgan fingerprint density at radius 1 is 1.33 bits per heavy atom. The second-order valence-corrected chi connectivity index (χ2v) is 3.32. The molecule has 0 radical (unpaired) electrons. The van der Waals surface area contributed by atoms with Gasteiger partial charge in [-0.3, -0.25) is 0 Å². The largest absolute Gasteiger partial charge is 0.375 e. The highest BCUT2D eigenvalue weighted by Gasteiger charge is 2.23. The van der Waals surface area contributed by atoms with Crippen LogP contribution in [0.2, 0.25) is 0 Å². The van der Waals surface area contributed by atoms with Crippen molar-refractivity contribution in [1.29, 1.82) is 0 Å². The summed E-state index contributed by atoms with van der Waals surface area (Å²) >= 11 is 0. The quantitative estimate of drug-likeness (QED) is 0.655. The van der Waals surface area contributed by atoms with Crippen LogP contribution in [0.5, 0.6) is 0 Å². The molecule has 0 aromatic heterocycles. The monoisotopic (exact) mass is 173 g/mol. The summed E-state index contributed by atoms with van der Waals surface area (Å²) in [5.41, 5.74) is 0. The molecule has 1 heterocycles. The Labute approximate surface area is 76.7 Å². The third-order valence-corrected chi connectivity index (χ3v) is 2.03. The van der Waals surface area contributed by atoms with Gasteiger partial charge >= 0.3 is 0 Å². The fourth-order valence-electron chi connectivity index (χ4n) is 1.51. The highest BCUT2D eigenvalue weighted by Crippen LogP contribution is 2.13. The first-order chi connectivity index (χ1) is 5.72. The Bertz CT molecular complexity index is 104. The molecule has 1 aliphatic heterocycles. The molecule has 0 aromatic carbocycles. The lowest BCUT2D eigenvalue weighted by molar-refractivity contribution is -0.0258. The highest BCUT2D eigenvalue weighted by molar-refractivity contribution is 4.78. The maximum absolute atomic E-state index is 5.59. The molecule has 0 aliphatic carbocycles. The Kier molecular flexibility index (Phi) is 6.39. The molecule has 2 heteroatoms. The summed E-state index contributed by atoms with van der Waals surface area (Å²) in [7, 11) is 0. The van der Waals surface area contributed by atoms with E-state index in [-0.39, 0.29) is 0 Å². The summed E-state index contributed by atoms with van der Waals surface area (Å²) in [6.45, 7) is 12.5. The molecule has 2 nitrogen and oxygen atoms in total. The van der Waals surface area contributed by atoms with E-state index in [1.54, 1.807) is 0 Å². The number of ether oxygens (including phenoxy) is 1. The standard InChI is InChI=1S/C8H17NO.C2H6/c1-6(2)8-7(3)9-4-5-10-8;1-2/h6-9H,4-5H2,1-3H3;1-2H3. The Morgan fingerprint density at radius 2 is 1.92 bits per heavy atom. The molecular weight excluding hydrogens is 150 g/mol. The smallest absolute Gasteiger partial charge is 0.0748 e. The van der Waals surface area contributed by atoms with E-state index in [1.165, 1.54) is 0 Å². The summed E-state index contributed by atoms with van der Waals surface area (Å²) in [6.07, 6.45) is 0.411. The van der Waals surface area contributed by atoms with Gasteiger partial charge in [0.05, 0.1) is 12.7 Å². The van der Waals surface area contributed by atoms with E-state index in [0.29, 0.717) is 18.1 Å². The average Bonchev–Trinajstić information content (AvgIpc) is 2.08. The van der Waals surface area contributed by atoms with Gasteiger partial charge in [0.2, 0.25) is 0 Å². The van der Waals surface area contributed by atoms with E-state index in [1.807, 2.05) is 13.8 Å². The molecule has 0 aromatic rings. The molecular formula is C10H23NO. The Hall–Kier alpha value is -0.0800. The van der Waals surface area contributed by atoms with Crippen molar-refractivity contribution in [2.24, 2.45) is 5.92 Å². The summed E-state index contributed by atoms with van der Waals surface area (Å²) in [6, 6.07) is 0.522. The fraction of sp³-hybridized carbons (Fsp3) is 1.00. The van der Waals surface area contributed by atoms with Gasteiger partial charge in [0.25, 0.3) is 0 Å².